The van der Waals surface area contributed by atoms with Gasteiger partial charge in [0.15, 0.2) is 0 Å². The van der Waals surface area contributed by atoms with Crippen LogP contribution in [-0.4, -0.2) is 41.7 Å². The Morgan fingerprint density at radius 3 is 2.79 bits per heavy atom. The van der Waals surface area contributed by atoms with E-state index < -0.39 is 6.10 Å². The second-order valence-corrected chi connectivity index (χ2v) is 6.24. The molecule has 1 amide bonds. The van der Waals surface area contributed by atoms with Crippen molar-refractivity contribution < 1.29 is 14.3 Å². The van der Waals surface area contributed by atoms with Gasteiger partial charge < -0.3 is 15.7 Å². The Bertz CT molecular complexity index is 686. The van der Waals surface area contributed by atoms with Crippen LogP contribution in [0.25, 0.3) is 10.6 Å². The van der Waals surface area contributed by atoms with Gasteiger partial charge in [0.25, 0.3) is 5.91 Å². The monoisotopic (exact) mass is 393 g/mol. The van der Waals surface area contributed by atoms with Crippen molar-refractivity contribution in [3.63, 3.8) is 0 Å². The SMILES string of the molecule is Cl.Cl.O=C(NCC1CNCC1O)c1cnc(-c2ccccc2F)s1. The molecule has 5 nitrogen and oxygen atoms in total. The minimum absolute atomic E-state index is 0. The number of carbonyl (C=O) groups is 1. The van der Waals surface area contributed by atoms with Crippen LogP contribution in [0.15, 0.2) is 30.5 Å². The predicted octanol–water partition coefficient (Wildman–Crippen LogP) is 2.10. The van der Waals surface area contributed by atoms with E-state index >= 15 is 0 Å². The molecule has 0 radical (unpaired) electrons. The minimum Gasteiger partial charge on any atom is -0.391 e. The molecule has 1 aromatic carbocycles. The molecule has 2 unspecified atom stereocenters. The van der Waals surface area contributed by atoms with Crippen LogP contribution in [0.5, 0.6) is 0 Å². The van der Waals surface area contributed by atoms with Gasteiger partial charge in [0.2, 0.25) is 0 Å². The summed E-state index contributed by atoms with van der Waals surface area (Å²) in [5, 5.41) is 16.0. The average Bonchev–Trinajstić information content (AvgIpc) is 3.14. The highest BCUT2D eigenvalue weighted by molar-refractivity contribution is 7.16. The number of halogens is 3. The maximum absolute atomic E-state index is 13.7. The van der Waals surface area contributed by atoms with E-state index in [1.807, 2.05) is 0 Å². The largest absolute Gasteiger partial charge is 0.391 e. The van der Waals surface area contributed by atoms with Gasteiger partial charge in [-0.3, -0.25) is 4.79 Å². The third-order valence-electron chi connectivity index (χ3n) is 3.66. The molecule has 1 aliphatic heterocycles. The van der Waals surface area contributed by atoms with Gasteiger partial charge in [-0.1, -0.05) is 12.1 Å². The molecule has 1 fully saturated rings. The lowest BCUT2D eigenvalue weighted by Gasteiger charge is -2.13. The molecular weight excluding hydrogens is 376 g/mol. The Hall–Kier alpha value is -1.25. The van der Waals surface area contributed by atoms with E-state index in [4.69, 9.17) is 0 Å². The van der Waals surface area contributed by atoms with Crippen molar-refractivity contribution in [2.45, 2.75) is 6.10 Å². The number of benzene rings is 1. The fraction of sp³-hybridized carbons (Fsp3) is 0.333. The number of aliphatic hydroxyl groups is 1. The number of aliphatic hydroxyl groups excluding tert-OH is 1. The molecule has 2 atom stereocenters. The molecule has 2 aromatic rings. The van der Waals surface area contributed by atoms with Crippen LogP contribution in [0.3, 0.4) is 0 Å². The Morgan fingerprint density at radius 1 is 1.38 bits per heavy atom. The van der Waals surface area contributed by atoms with Crippen molar-refractivity contribution in [1.82, 2.24) is 15.6 Å². The summed E-state index contributed by atoms with van der Waals surface area (Å²) in [6.07, 6.45) is 1.02. The molecule has 2 heterocycles. The zero-order valence-electron chi connectivity index (χ0n) is 12.6. The summed E-state index contributed by atoms with van der Waals surface area (Å²) >= 11 is 1.15. The molecule has 24 heavy (non-hydrogen) atoms. The van der Waals surface area contributed by atoms with Gasteiger partial charge in [-0.15, -0.1) is 36.2 Å². The summed E-state index contributed by atoms with van der Waals surface area (Å²) in [4.78, 5) is 16.6. The van der Waals surface area contributed by atoms with Gasteiger partial charge in [-0.2, -0.15) is 0 Å². The molecule has 1 aromatic heterocycles. The minimum atomic E-state index is -0.435. The maximum atomic E-state index is 13.7. The Morgan fingerprint density at radius 2 is 2.12 bits per heavy atom. The summed E-state index contributed by atoms with van der Waals surface area (Å²) in [6, 6.07) is 6.34. The van der Waals surface area contributed by atoms with E-state index in [-0.39, 0.29) is 42.5 Å². The second-order valence-electron chi connectivity index (χ2n) is 5.21. The van der Waals surface area contributed by atoms with E-state index in [9.17, 15) is 14.3 Å². The fourth-order valence-corrected chi connectivity index (χ4v) is 3.24. The molecule has 3 rings (SSSR count). The van der Waals surface area contributed by atoms with Crippen LogP contribution >= 0.6 is 36.2 Å². The number of β-amino-alcohol motifs (C(OH)–C–C–N with tert-alkyl or cyclic N) is 1. The number of carbonyl (C=O) groups excluding carboxylic acids is 1. The van der Waals surface area contributed by atoms with E-state index in [1.54, 1.807) is 18.2 Å². The molecule has 132 valence electrons. The van der Waals surface area contributed by atoms with Crippen LogP contribution in [-0.2, 0) is 0 Å². The fourth-order valence-electron chi connectivity index (χ4n) is 2.38. The topological polar surface area (TPSA) is 74.2 Å². The van der Waals surface area contributed by atoms with Crippen LogP contribution in [0.2, 0.25) is 0 Å². The van der Waals surface area contributed by atoms with Gasteiger partial charge >= 0.3 is 0 Å². The maximum Gasteiger partial charge on any atom is 0.263 e. The van der Waals surface area contributed by atoms with Gasteiger partial charge in [0.05, 0.1) is 12.3 Å². The number of rotatable bonds is 4. The van der Waals surface area contributed by atoms with Gasteiger partial charge in [0, 0.05) is 31.1 Å². The normalized spacial score (nSPS) is 19.2. The van der Waals surface area contributed by atoms with Gasteiger partial charge in [-0.05, 0) is 12.1 Å². The van der Waals surface area contributed by atoms with E-state index in [0.717, 1.165) is 11.3 Å². The van der Waals surface area contributed by atoms with Crippen LogP contribution in [0.1, 0.15) is 9.67 Å². The molecule has 3 N–H and O–H groups in total. The molecule has 9 heteroatoms. The van der Waals surface area contributed by atoms with Crippen LogP contribution < -0.4 is 10.6 Å². The summed E-state index contributed by atoms with van der Waals surface area (Å²) in [5.41, 5.74) is 0.391. The Kier molecular flexibility index (Phi) is 8.05. The quantitative estimate of drug-likeness (QED) is 0.743. The molecule has 1 saturated heterocycles. The van der Waals surface area contributed by atoms with E-state index in [1.165, 1.54) is 12.3 Å². The average molecular weight is 394 g/mol. The Balaban J connectivity index is 0.00000144. The van der Waals surface area contributed by atoms with Crippen molar-refractivity contribution in [1.29, 1.82) is 0 Å². The number of amides is 1. The number of nitrogens with zero attached hydrogens (tertiary/aromatic N) is 1. The third-order valence-corrected chi connectivity index (χ3v) is 4.69. The summed E-state index contributed by atoms with van der Waals surface area (Å²) in [6.45, 7) is 1.64. The number of aromatic nitrogens is 1. The summed E-state index contributed by atoms with van der Waals surface area (Å²) in [7, 11) is 0. The first-order chi connectivity index (χ1) is 10.6. The smallest absolute Gasteiger partial charge is 0.263 e. The lowest BCUT2D eigenvalue weighted by atomic mass is 10.1. The number of nitrogens with one attached hydrogen (secondary N) is 2. The summed E-state index contributed by atoms with van der Waals surface area (Å²) in [5.74, 6) is -0.592. The Labute approximate surface area is 155 Å². The molecule has 0 saturated carbocycles. The van der Waals surface area contributed by atoms with Crippen molar-refractivity contribution in [3.8, 4) is 10.6 Å². The lowest BCUT2D eigenvalue weighted by molar-refractivity contribution is 0.0931. The van der Waals surface area contributed by atoms with Crippen molar-refractivity contribution in [3.05, 3.63) is 41.2 Å². The number of hydrogen-bond donors (Lipinski definition) is 3. The van der Waals surface area contributed by atoms with Gasteiger partial charge in [0.1, 0.15) is 15.7 Å². The number of thiazole rings is 1. The highest BCUT2D eigenvalue weighted by Gasteiger charge is 2.25. The molecule has 0 aliphatic carbocycles. The van der Waals surface area contributed by atoms with Crippen LogP contribution in [0, 0.1) is 11.7 Å². The molecule has 0 bridgehead atoms. The molecular formula is C15H18Cl2FN3O2S. The first-order valence-electron chi connectivity index (χ1n) is 7.03. The van der Waals surface area contributed by atoms with E-state index in [2.05, 4.69) is 15.6 Å². The zero-order chi connectivity index (χ0) is 15.5. The lowest BCUT2D eigenvalue weighted by Crippen LogP contribution is -2.34. The standard InChI is InChI=1S/C15H16FN3O2S.2ClH/c16-11-4-2-1-3-10(11)15-19-8-13(22-15)14(21)18-6-9-5-17-7-12(9)20;;/h1-4,8-9,12,17,20H,5-7H2,(H,18,21);2*1H. The van der Waals surface area contributed by atoms with Crippen molar-refractivity contribution in [2.75, 3.05) is 19.6 Å². The third kappa shape index (κ3) is 4.64. The molecule has 1 aliphatic rings. The number of hydrogen-bond acceptors (Lipinski definition) is 5. The van der Waals surface area contributed by atoms with E-state index in [0.29, 0.717) is 35.1 Å². The van der Waals surface area contributed by atoms with Crippen LogP contribution in [0.4, 0.5) is 4.39 Å². The van der Waals surface area contributed by atoms with Crippen molar-refractivity contribution in [2.24, 2.45) is 5.92 Å². The molecule has 0 spiro atoms. The highest BCUT2D eigenvalue weighted by Crippen LogP contribution is 2.27. The first-order valence-corrected chi connectivity index (χ1v) is 7.84. The second kappa shape index (κ2) is 9.29. The zero-order valence-corrected chi connectivity index (χ0v) is 15.0. The summed E-state index contributed by atoms with van der Waals surface area (Å²) < 4.78 is 13.7. The first kappa shape index (κ1) is 20.8. The predicted molar refractivity (Wildman–Crippen MR) is 96.7 cm³/mol. The highest BCUT2D eigenvalue weighted by atomic mass is 35.5. The van der Waals surface area contributed by atoms with Gasteiger partial charge in [-0.25, -0.2) is 9.37 Å². The van der Waals surface area contributed by atoms with Crippen molar-refractivity contribution >= 4 is 42.1 Å².